The number of sulfonamides is 1. The third-order valence-electron chi connectivity index (χ3n) is 2.46. The summed E-state index contributed by atoms with van der Waals surface area (Å²) in [4.78, 5) is 8.83. The minimum atomic E-state index is -3.68. The highest BCUT2D eigenvalue weighted by Crippen LogP contribution is 2.18. The van der Waals surface area contributed by atoms with E-state index in [1.165, 1.54) is 18.3 Å². The van der Waals surface area contributed by atoms with Gasteiger partial charge in [-0.1, -0.05) is 11.6 Å². The number of aromatic nitrogens is 1. The smallest absolute Gasteiger partial charge is 0.263 e. The van der Waals surface area contributed by atoms with Crippen molar-refractivity contribution in [3.05, 3.63) is 34.9 Å². The molecule has 1 unspecified atom stereocenters. The van der Waals surface area contributed by atoms with Gasteiger partial charge in [0, 0.05) is 6.20 Å². The lowest BCUT2D eigenvalue weighted by atomic mass is 10.2. The molecule has 0 fully saturated rings. The van der Waals surface area contributed by atoms with Crippen LogP contribution in [0.2, 0.25) is 5.15 Å². The summed E-state index contributed by atoms with van der Waals surface area (Å²) >= 11 is 5.61. The molecule has 1 aromatic rings. The maximum atomic E-state index is 12.1. The molecule has 98 valence electrons. The van der Waals surface area contributed by atoms with E-state index in [9.17, 15) is 8.42 Å². The molecule has 6 nitrogen and oxygen atoms in total. The predicted molar refractivity (Wildman–Crippen MR) is 66.0 cm³/mol. The molecule has 0 amide bonds. The van der Waals surface area contributed by atoms with Crippen LogP contribution in [0.4, 0.5) is 0 Å². The molecule has 0 saturated carbocycles. The third-order valence-corrected chi connectivity index (χ3v) is 4.03. The molecule has 2 rings (SSSR count). The zero-order valence-corrected chi connectivity index (χ0v) is 11.3. The van der Waals surface area contributed by atoms with Gasteiger partial charge in [-0.05, 0) is 26.0 Å². The van der Waals surface area contributed by atoms with Crippen molar-refractivity contribution >= 4 is 21.6 Å². The molecule has 2 N–H and O–H groups in total. The van der Waals surface area contributed by atoms with E-state index in [2.05, 4.69) is 15.2 Å². The van der Waals surface area contributed by atoms with E-state index < -0.39 is 10.0 Å². The van der Waals surface area contributed by atoms with Gasteiger partial charge < -0.3 is 4.84 Å². The molecule has 0 aliphatic carbocycles. The molecule has 0 saturated heterocycles. The number of rotatable bonds is 3. The number of nitrogens with zero attached hydrogens (tertiary/aromatic N) is 1. The highest BCUT2D eigenvalue weighted by atomic mass is 35.5. The number of pyridine rings is 1. The summed E-state index contributed by atoms with van der Waals surface area (Å²) in [7, 11) is -3.68. The molecule has 0 spiro atoms. The van der Waals surface area contributed by atoms with Crippen molar-refractivity contribution in [2.45, 2.75) is 24.8 Å². The van der Waals surface area contributed by atoms with E-state index in [4.69, 9.17) is 16.4 Å². The first kappa shape index (κ1) is 13.1. The van der Waals surface area contributed by atoms with Gasteiger partial charge in [0.1, 0.15) is 15.8 Å². The Bertz CT molecular complexity index is 583. The second-order valence-corrected chi connectivity index (χ2v) is 5.90. The number of allylic oxidation sites excluding steroid dienone is 1. The Balaban J connectivity index is 2.28. The molecule has 0 aromatic carbocycles. The van der Waals surface area contributed by atoms with E-state index >= 15 is 0 Å². The Labute approximate surface area is 110 Å². The fraction of sp³-hybridized carbons (Fsp3) is 0.300. The minimum absolute atomic E-state index is 0.0475. The normalized spacial score (nSPS) is 19.8. The average molecular weight is 290 g/mol. The molecule has 1 aromatic heterocycles. The van der Waals surface area contributed by atoms with E-state index in [1.54, 1.807) is 13.8 Å². The lowest BCUT2D eigenvalue weighted by molar-refractivity contribution is 0.121. The number of hydrogen-bond acceptors (Lipinski definition) is 5. The van der Waals surface area contributed by atoms with Crippen LogP contribution in [0.3, 0.4) is 0 Å². The van der Waals surface area contributed by atoms with Crippen molar-refractivity contribution in [1.29, 1.82) is 0 Å². The van der Waals surface area contributed by atoms with Crippen LogP contribution in [0.5, 0.6) is 0 Å². The summed E-state index contributed by atoms with van der Waals surface area (Å²) in [5, 5.41) is 0.239. The van der Waals surface area contributed by atoms with Crippen LogP contribution in [0.15, 0.2) is 34.7 Å². The van der Waals surface area contributed by atoms with Crippen molar-refractivity contribution < 1.29 is 13.3 Å². The van der Waals surface area contributed by atoms with Gasteiger partial charge in [-0.2, -0.15) is 0 Å². The van der Waals surface area contributed by atoms with Crippen LogP contribution >= 0.6 is 11.6 Å². The Morgan fingerprint density at radius 1 is 1.50 bits per heavy atom. The van der Waals surface area contributed by atoms with Gasteiger partial charge in [-0.3, -0.25) is 4.72 Å². The second-order valence-electron chi connectivity index (χ2n) is 3.83. The van der Waals surface area contributed by atoms with E-state index in [-0.39, 0.29) is 16.1 Å². The first-order chi connectivity index (χ1) is 8.40. The van der Waals surface area contributed by atoms with Crippen molar-refractivity contribution in [3.63, 3.8) is 0 Å². The van der Waals surface area contributed by atoms with Crippen molar-refractivity contribution in [1.82, 2.24) is 15.2 Å². The topological polar surface area (TPSA) is 80.3 Å². The molecule has 2 heterocycles. The third kappa shape index (κ3) is 2.58. The second kappa shape index (κ2) is 4.75. The lowest BCUT2D eigenvalue weighted by Gasteiger charge is -2.11. The van der Waals surface area contributed by atoms with Gasteiger partial charge in [0.25, 0.3) is 10.0 Å². The monoisotopic (exact) mass is 289 g/mol. The van der Waals surface area contributed by atoms with Crippen LogP contribution in [-0.2, 0) is 14.9 Å². The van der Waals surface area contributed by atoms with Gasteiger partial charge in [0.05, 0.1) is 11.7 Å². The quantitative estimate of drug-likeness (QED) is 0.817. The van der Waals surface area contributed by atoms with Crippen LogP contribution < -0.4 is 10.2 Å². The highest BCUT2D eigenvalue weighted by Gasteiger charge is 2.26. The Kier molecular flexibility index (Phi) is 3.47. The molecule has 18 heavy (non-hydrogen) atoms. The van der Waals surface area contributed by atoms with Crippen molar-refractivity contribution in [2.24, 2.45) is 0 Å². The van der Waals surface area contributed by atoms with Gasteiger partial charge >= 0.3 is 0 Å². The van der Waals surface area contributed by atoms with E-state index in [0.717, 1.165) is 0 Å². The minimum Gasteiger partial charge on any atom is -0.411 e. The molecule has 0 bridgehead atoms. The van der Waals surface area contributed by atoms with Crippen LogP contribution in [0.1, 0.15) is 13.8 Å². The standard InChI is InChI=1S/C10H12ClN3O3S/c1-6-10(7(2)17-13-6)14-18(15,16)8-3-4-9(11)12-5-8/h3-6,13-14H,1-2H3. The predicted octanol–water partition coefficient (Wildman–Crippen LogP) is 1.17. The first-order valence-corrected chi connectivity index (χ1v) is 7.04. The number of nitrogens with one attached hydrogen (secondary N) is 2. The highest BCUT2D eigenvalue weighted by molar-refractivity contribution is 7.89. The average Bonchev–Trinajstić information content (AvgIpc) is 2.61. The Morgan fingerprint density at radius 3 is 2.72 bits per heavy atom. The maximum Gasteiger partial charge on any atom is 0.263 e. The summed E-state index contributed by atoms with van der Waals surface area (Å²) in [6.45, 7) is 3.46. The molecular formula is C10H12ClN3O3S. The maximum absolute atomic E-state index is 12.1. The number of hydrogen-bond donors (Lipinski definition) is 2. The fourth-order valence-corrected chi connectivity index (χ4v) is 2.76. The van der Waals surface area contributed by atoms with Gasteiger partial charge in [-0.15, -0.1) is 5.48 Å². The van der Waals surface area contributed by atoms with Gasteiger partial charge in [0.2, 0.25) is 0 Å². The number of halogens is 1. The summed E-state index contributed by atoms with van der Waals surface area (Å²) in [6, 6.07) is 2.59. The Morgan fingerprint density at radius 2 is 2.22 bits per heavy atom. The van der Waals surface area contributed by atoms with Gasteiger partial charge in [-0.25, -0.2) is 13.4 Å². The van der Waals surface area contributed by atoms with Crippen molar-refractivity contribution in [3.8, 4) is 0 Å². The zero-order valence-electron chi connectivity index (χ0n) is 9.77. The van der Waals surface area contributed by atoms with E-state index in [0.29, 0.717) is 11.5 Å². The van der Waals surface area contributed by atoms with Gasteiger partial charge in [0.15, 0.2) is 0 Å². The van der Waals surface area contributed by atoms with Crippen LogP contribution in [0.25, 0.3) is 0 Å². The molecule has 1 aliphatic heterocycles. The van der Waals surface area contributed by atoms with E-state index in [1.807, 2.05) is 0 Å². The zero-order chi connectivity index (χ0) is 13.3. The van der Waals surface area contributed by atoms with Crippen molar-refractivity contribution in [2.75, 3.05) is 0 Å². The molecule has 8 heteroatoms. The first-order valence-electron chi connectivity index (χ1n) is 5.17. The Hall–Kier alpha value is -1.31. The van der Waals surface area contributed by atoms with Crippen LogP contribution in [-0.4, -0.2) is 19.4 Å². The summed E-state index contributed by atoms with van der Waals surface area (Å²) < 4.78 is 26.6. The molecular weight excluding hydrogens is 278 g/mol. The SMILES string of the molecule is CC1=C(NS(=O)(=O)c2ccc(Cl)nc2)C(C)NO1. The molecule has 0 radical (unpaired) electrons. The fourth-order valence-electron chi connectivity index (χ4n) is 1.48. The molecule has 1 aliphatic rings. The summed E-state index contributed by atoms with van der Waals surface area (Å²) in [5.74, 6) is 0.494. The number of hydroxylamine groups is 1. The summed E-state index contributed by atoms with van der Waals surface area (Å²) in [6.07, 6.45) is 1.20. The van der Waals surface area contributed by atoms with Crippen LogP contribution in [0, 0.1) is 0 Å². The molecule has 1 atom stereocenters. The summed E-state index contributed by atoms with van der Waals surface area (Å²) in [5.41, 5.74) is 3.14. The largest absolute Gasteiger partial charge is 0.411 e. The lowest BCUT2D eigenvalue weighted by Crippen LogP contribution is -2.31.